The molecule has 2 nitrogen and oxygen atoms in total. The lowest BCUT2D eigenvalue weighted by molar-refractivity contribution is 1.44. The molecule has 0 saturated heterocycles. The maximum atomic E-state index is 5.28. The van der Waals surface area contributed by atoms with Gasteiger partial charge in [-0.25, -0.2) is 0 Å². The molecule has 4 heteroatoms. The van der Waals surface area contributed by atoms with Crippen molar-refractivity contribution < 1.29 is 0 Å². The average molecular weight is 321 g/mol. The van der Waals surface area contributed by atoms with Crippen molar-refractivity contribution >= 4 is 44.6 Å². The lowest BCUT2D eigenvalue weighted by Crippen LogP contribution is -2.19. The van der Waals surface area contributed by atoms with Crippen molar-refractivity contribution in [3.8, 4) is 0 Å². The topological polar surface area (TPSA) is 24.1 Å². The first-order valence-corrected chi connectivity index (χ1v) is 6.74. The summed E-state index contributed by atoms with van der Waals surface area (Å²) in [6.45, 7) is 2.04. The Bertz CT molecular complexity index is 555. The number of anilines is 2. The second-order valence-corrected chi connectivity index (χ2v) is 5.23. The molecule has 0 aliphatic carbocycles. The third kappa shape index (κ3) is 3.55. The molecule has 0 spiro atoms. The van der Waals surface area contributed by atoms with Crippen molar-refractivity contribution in [1.29, 1.82) is 0 Å². The highest BCUT2D eigenvalue weighted by atomic mass is 79.9. The number of halogens is 1. The van der Waals surface area contributed by atoms with Gasteiger partial charge in [-0.1, -0.05) is 34.1 Å². The van der Waals surface area contributed by atoms with Crippen LogP contribution in [0.1, 0.15) is 5.56 Å². The van der Waals surface area contributed by atoms with Crippen LogP contribution in [-0.4, -0.2) is 5.11 Å². The second-order valence-electron chi connectivity index (χ2n) is 3.90. The minimum atomic E-state index is 0.589. The second kappa shape index (κ2) is 5.98. The van der Waals surface area contributed by atoms with Crippen LogP contribution >= 0.6 is 28.1 Å². The smallest absolute Gasteiger partial charge is 0.175 e. The molecule has 0 aliphatic rings. The van der Waals surface area contributed by atoms with E-state index >= 15 is 0 Å². The SMILES string of the molecule is Cc1cc(Br)ccc1NC(=S)Nc1ccccc1. The molecule has 2 N–H and O–H groups in total. The molecule has 18 heavy (non-hydrogen) atoms. The summed E-state index contributed by atoms with van der Waals surface area (Å²) in [7, 11) is 0. The molecule has 0 radical (unpaired) electrons. The van der Waals surface area contributed by atoms with E-state index in [1.54, 1.807) is 0 Å². The lowest BCUT2D eigenvalue weighted by Gasteiger charge is -2.12. The molecule has 0 aliphatic heterocycles. The van der Waals surface area contributed by atoms with Gasteiger partial charge in [0.05, 0.1) is 0 Å². The van der Waals surface area contributed by atoms with Crippen LogP contribution < -0.4 is 10.6 Å². The number of hydrogen-bond donors (Lipinski definition) is 2. The van der Waals surface area contributed by atoms with Gasteiger partial charge in [0.25, 0.3) is 0 Å². The highest BCUT2D eigenvalue weighted by Gasteiger charge is 2.02. The maximum Gasteiger partial charge on any atom is 0.175 e. The summed E-state index contributed by atoms with van der Waals surface area (Å²) in [4.78, 5) is 0. The van der Waals surface area contributed by atoms with Crippen molar-refractivity contribution in [3.63, 3.8) is 0 Å². The zero-order valence-electron chi connectivity index (χ0n) is 9.91. The molecule has 2 aromatic rings. The number of nitrogens with one attached hydrogen (secondary N) is 2. The Morgan fingerprint density at radius 3 is 2.44 bits per heavy atom. The fraction of sp³-hybridized carbons (Fsp3) is 0.0714. The molecule has 2 aromatic carbocycles. The number of aryl methyl sites for hydroxylation is 1. The van der Waals surface area contributed by atoms with E-state index < -0.39 is 0 Å². The van der Waals surface area contributed by atoms with Crippen LogP contribution in [0.3, 0.4) is 0 Å². The van der Waals surface area contributed by atoms with Crippen molar-refractivity contribution in [2.45, 2.75) is 6.92 Å². The van der Waals surface area contributed by atoms with E-state index in [0.717, 1.165) is 21.4 Å². The molecule has 0 unspecified atom stereocenters. The summed E-state index contributed by atoms with van der Waals surface area (Å²) in [6.07, 6.45) is 0. The largest absolute Gasteiger partial charge is 0.332 e. The first-order valence-electron chi connectivity index (χ1n) is 5.54. The van der Waals surface area contributed by atoms with Gasteiger partial charge in [-0.15, -0.1) is 0 Å². The molecule has 0 fully saturated rings. The molecule has 0 atom stereocenters. The van der Waals surface area contributed by atoms with E-state index in [1.807, 2.05) is 55.5 Å². The van der Waals surface area contributed by atoms with Crippen LogP contribution in [-0.2, 0) is 0 Å². The van der Waals surface area contributed by atoms with Gasteiger partial charge in [-0.05, 0) is 55.0 Å². The minimum Gasteiger partial charge on any atom is -0.332 e. The zero-order chi connectivity index (χ0) is 13.0. The number of rotatable bonds is 2. The predicted octanol–water partition coefficient (Wildman–Crippen LogP) is 4.57. The maximum absolute atomic E-state index is 5.28. The quantitative estimate of drug-likeness (QED) is 0.793. The normalized spacial score (nSPS) is 9.89. The van der Waals surface area contributed by atoms with Crippen LogP contribution in [0.25, 0.3) is 0 Å². The van der Waals surface area contributed by atoms with Gasteiger partial charge in [-0.3, -0.25) is 0 Å². The first kappa shape index (κ1) is 13.1. The highest BCUT2D eigenvalue weighted by Crippen LogP contribution is 2.20. The summed E-state index contributed by atoms with van der Waals surface area (Å²) < 4.78 is 1.06. The molecule has 0 bridgehead atoms. The van der Waals surface area contributed by atoms with E-state index in [2.05, 4.69) is 26.6 Å². The van der Waals surface area contributed by atoms with E-state index in [1.165, 1.54) is 0 Å². The van der Waals surface area contributed by atoms with Crippen LogP contribution in [0.2, 0.25) is 0 Å². The van der Waals surface area contributed by atoms with Crippen LogP contribution in [0.4, 0.5) is 11.4 Å². The van der Waals surface area contributed by atoms with E-state index in [9.17, 15) is 0 Å². The number of hydrogen-bond acceptors (Lipinski definition) is 1. The molecule has 2 rings (SSSR count). The molecule has 0 aromatic heterocycles. The monoisotopic (exact) mass is 320 g/mol. The fourth-order valence-electron chi connectivity index (χ4n) is 1.57. The van der Waals surface area contributed by atoms with Gasteiger partial charge >= 0.3 is 0 Å². The summed E-state index contributed by atoms with van der Waals surface area (Å²) in [6, 6.07) is 15.9. The van der Waals surface area contributed by atoms with Gasteiger partial charge in [0.15, 0.2) is 5.11 Å². The summed E-state index contributed by atoms with van der Waals surface area (Å²) in [5, 5.41) is 6.92. The van der Waals surface area contributed by atoms with Gasteiger partial charge < -0.3 is 10.6 Å². The summed E-state index contributed by atoms with van der Waals surface area (Å²) in [5.74, 6) is 0. The van der Waals surface area contributed by atoms with Crippen molar-refractivity contribution in [1.82, 2.24) is 0 Å². The Morgan fingerprint density at radius 1 is 1.06 bits per heavy atom. The lowest BCUT2D eigenvalue weighted by atomic mass is 10.2. The molecular weight excluding hydrogens is 308 g/mol. The third-order valence-corrected chi connectivity index (χ3v) is 3.17. The van der Waals surface area contributed by atoms with Crippen molar-refractivity contribution in [2.24, 2.45) is 0 Å². The Hall–Kier alpha value is -1.39. The van der Waals surface area contributed by atoms with Crippen molar-refractivity contribution in [2.75, 3.05) is 10.6 Å². The summed E-state index contributed by atoms with van der Waals surface area (Å²) >= 11 is 8.72. The standard InChI is InChI=1S/C14H13BrN2S/c1-10-9-11(15)7-8-13(10)17-14(18)16-12-5-3-2-4-6-12/h2-9H,1H3,(H2,16,17,18). The minimum absolute atomic E-state index is 0.589. The number of benzene rings is 2. The molecule has 92 valence electrons. The van der Waals surface area contributed by atoms with E-state index in [0.29, 0.717) is 5.11 Å². The van der Waals surface area contributed by atoms with Crippen LogP contribution in [0, 0.1) is 6.92 Å². The van der Waals surface area contributed by atoms with E-state index in [4.69, 9.17) is 12.2 Å². The average Bonchev–Trinajstić information content (AvgIpc) is 2.34. The third-order valence-electron chi connectivity index (χ3n) is 2.47. The Kier molecular flexibility index (Phi) is 4.33. The van der Waals surface area contributed by atoms with Gasteiger partial charge in [0.2, 0.25) is 0 Å². The van der Waals surface area contributed by atoms with E-state index in [-0.39, 0.29) is 0 Å². The number of thiocarbonyl (C=S) groups is 1. The first-order chi connectivity index (χ1) is 8.65. The van der Waals surface area contributed by atoms with Gasteiger partial charge in [0, 0.05) is 15.8 Å². The summed E-state index contributed by atoms with van der Waals surface area (Å²) in [5.41, 5.74) is 3.12. The zero-order valence-corrected chi connectivity index (χ0v) is 12.3. The molecular formula is C14H13BrN2S. The molecule has 0 amide bonds. The molecule has 0 heterocycles. The van der Waals surface area contributed by atoms with Gasteiger partial charge in [0.1, 0.15) is 0 Å². The fourth-order valence-corrected chi connectivity index (χ4v) is 2.28. The molecule has 0 saturated carbocycles. The number of para-hydroxylation sites is 1. The van der Waals surface area contributed by atoms with Gasteiger partial charge in [-0.2, -0.15) is 0 Å². The highest BCUT2D eigenvalue weighted by molar-refractivity contribution is 9.10. The predicted molar refractivity (Wildman–Crippen MR) is 85.2 cm³/mol. The Balaban J connectivity index is 2.03. The van der Waals surface area contributed by atoms with Crippen LogP contribution in [0.5, 0.6) is 0 Å². The van der Waals surface area contributed by atoms with Crippen LogP contribution in [0.15, 0.2) is 53.0 Å². The Morgan fingerprint density at radius 2 is 1.78 bits per heavy atom. The van der Waals surface area contributed by atoms with Crippen molar-refractivity contribution in [3.05, 3.63) is 58.6 Å². The Labute approximate surface area is 121 Å².